The number of hydrogen-bond acceptors (Lipinski definition) is 6. The number of carboxylic acids is 1. The molecule has 0 spiro atoms. The Labute approximate surface area is 279 Å². The van der Waals surface area contributed by atoms with Crippen LogP contribution in [0, 0.1) is 5.82 Å². The van der Waals surface area contributed by atoms with Crippen LogP contribution in [0.4, 0.5) is 42.4 Å². The van der Waals surface area contributed by atoms with Crippen LogP contribution in [0.1, 0.15) is 33.0 Å². The van der Waals surface area contributed by atoms with E-state index in [1.54, 1.807) is 4.57 Å². The van der Waals surface area contributed by atoms with E-state index in [2.05, 4.69) is 20.5 Å². The van der Waals surface area contributed by atoms with Crippen molar-refractivity contribution in [3.05, 3.63) is 109 Å². The van der Waals surface area contributed by atoms with E-state index < -0.39 is 35.6 Å². The lowest BCUT2D eigenvalue weighted by Gasteiger charge is -2.28. The molecule has 0 bridgehead atoms. The van der Waals surface area contributed by atoms with Crippen LogP contribution in [0.3, 0.4) is 0 Å². The maximum absolute atomic E-state index is 14.9. The molecule has 0 radical (unpaired) electrons. The van der Waals surface area contributed by atoms with Crippen LogP contribution in [0.15, 0.2) is 59.5 Å². The van der Waals surface area contributed by atoms with Crippen molar-refractivity contribution in [2.45, 2.75) is 31.9 Å². The highest BCUT2D eigenvalue weighted by atomic mass is 35.5. The van der Waals surface area contributed by atoms with Crippen LogP contribution in [0.5, 0.6) is 0 Å². The Bertz CT molecular complexity index is 2110. The Morgan fingerprint density at radius 3 is 2.29 bits per heavy atom. The summed E-state index contributed by atoms with van der Waals surface area (Å²) in [5.41, 5.74) is 0.526. The van der Waals surface area contributed by atoms with Crippen molar-refractivity contribution in [3.8, 4) is 0 Å². The van der Waals surface area contributed by atoms with Crippen molar-refractivity contribution >= 4 is 52.2 Å². The largest absolute Gasteiger partial charge is 0.490 e. The first-order chi connectivity index (χ1) is 22.9. The zero-order chi connectivity index (χ0) is 35.8. The summed E-state index contributed by atoms with van der Waals surface area (Å²) in [6, 6.07) is 10.1. The molecule has 6 rings (SSSR count). The molecule has 49 heavy (non-hydrogen) atoms. The maximum Gasteiger partial charge on any atom is 0.490 e. The molecule has 11 nitrogen and oxygen atoms in total. The molecule has 20 heteroatoms. The van der Waals surface area contributed by atoms with Crippen molar-refractivity contribution in [1.29, 1.82) is 0 Å². The molecular weight excluding hydrogens is 714 g/mol. The number of alkyl halides is 6. The standard InChI is InChI=1S/C27H19Cl2F4N7O2.C2HF3O2/c28-19-11-21-24(41)34-12-17(40(21)23(19)29)9-14-1-6-20(30)18(10-14)25(42)38-7-8-39-22(13-38)36-37-26(39)35-16-4-2-15(3-5-16)27(31,32)33;3-2(4,5)1(6)7/h1-6,10-12H,7-9,13H2,(H,34,41)(H,35,37);(H,6,7). The number of aliphatic carboxylic acids is 1. The van der Waals surface area contributed by atoms with Crippen LogP contribution in [-0.4, -0.2) is 58.8 Å². The molecule has 1 aliphatic heterocycles. The first-order valence-electron chi connectivity index (χ1n) is 13.7. The number of nitrogens with one attached hydrogen (secondary N) is 2. The van der Waals surface area contributed by atoms with Crippen molar-refractivity contribution in [3.63, 3.8) is 0 Å². The van der Waals surface area contributed by atoms with Crippen LogP contribution in [-0.2, 0) is 30.5 Å². The van der Waals surface area contributed by atoms with Gasteiger partial charge in [-0.1, -0.05) is 29.3 Å². The van der Waals surface area contributed by atoms with Gasteiger partial charge in [0.15, 0.2) is 5.82 Å². The molecule has 0 unspecified atom stereocenters. The monoisotopic (exact) mass is 733 g/mol. The van der Waals surface area contributed by atoms with E-state index in [-0.39, 0.29) is 52.9 Å². The summed E-state index contributed by atoms with van der Waals surface area (Å²) < 4.78 is 88.4. The highest BCUT2D eigenvalue weighted by Gasteiger charge is 2.38. The Kier molecular flexibility index (Phi) is 9.65. The molecule has 0 atom stereocenters. The van der Waals surface area contributed by atoms with Gasteiger partial charge in [0.25, 0.3) is 11.5 Å². The van der Waals surface area contributed by atoms with Gasteiger partial charge in [0.05, 0.1) is 22.7 Å². The summed E-state index contributed by atoms with van der Waals surface area (Å²) >= 11 is 12.4. The molecule has 0 aliphatic carbocycles. The fourth-order valence-electron chi connectivity index (χ4n) is 4.84. The summed E-state index contributed by atoms with van der Waals surface area (Å²) in [5, 5.41) is 18.6. The van der Waals surface area contributed by atoms with Crippen LogP contribution in [0.25, 0.3) is 5.52 Å². The van der Waals surface area contributed by atoms with E-state index in [0.717, 1.165) is 12.1 Å². The van der Waals surface area contributed by atoms with E-state index in [1.165, 1.54) is 51.9 Å². The minimum absolute atomic E-state index is 0.0439. The van der Waals surface area contributed by atoms with Crippen molar-refractivity contribution in [2.75, 3.05) is 11.9 Å². The molecule has 1 aliphatic rings. The van der Waals surface area contributed by atoms with Gasteiger partial charge in [-0.25, -0.2) is 9.18 Å². The number of aromatic amines is 1. The lowest BCUT2D eigenvalue weighted by Crippen LogP contribution is -2.39. The molecule has 1 amide bonds. The molecule has 3 N–H and O–H groups in total. The number of rotatable bonds is 5. The second-order valence-electron chi connectivity index (χ2n) is 10.4. The summed E-state index contributed by atoms with van der Waals surface area (Å²) in [6.45, 7) is 0.538. The van der Waals surface area contributed by atoms with E-state index in [4.69, 9.17) is 33.1 Å². The van der Waals surface area contributed by atoms with Gasteiger partial charge in [-0.15, -0.1) is 10.2 Å². The first kappa shape index (κ1) is 35.2. The molecule has 0 saturated carbocycles. The van der Waals surface area contributed by atoms with Gasteiger partial charge in [0.1, 0.15) is 16.5 Å². The first-order valence-corrected chi connectivity index (χ1v) is 14.5. The van der Waals surface area contributed by atoms with Gasteiger partial charge in [0.2, 0.25) is 5.95 Å². The van der Waals surface area contributed by atoms with Gasteiger partial charge >= 0.3 is 18.3 Å². The molecule has 2 aromatic carbocycles. The lowest BCUT2D eigenvalue weighted by atomic mass is 10.0. The fourth-order valence-corrected chi connectivity index (χ4v) is 5.28. The summed E-state index contributed by atoms with van der Waals surface area (Å²) in [7, 11) is 0. The Balaban J connectivity index is 0.000000606. The smallest absolute Gasteiger partial charge is 0.475 e. The number of anilines is 2. The molecule has 0 saturated heterocycles. The molecular formula is C29H20Cl2F7N7O4. The zero-order valence-corrected chi connectivity index (χ0v) is 25.8. The van der Waals surface area contributed by atoms with Crippen molar-refractivity contribution < 1.29 is 45.4 Å². The van der Waals surface area contributed by atoms with E-state index in [9.17, 15) is 40.3 Å². The minimum Gasteiger partial charge on any atom is -0.475 e. The van der Waals surface area contributed by atoms with E-state index in [1.807, 2.05) is 0 Å². The third-order valence-electron chi connectivity index (χ3n) is 7.19. The molecule has 3 aromatic heterocycles. The average Bonchev–Trinajstić information content (AvgIpc) is 3.58. The zero-order valence-electron chi connectivity index (χ0n) is 24.3. The number of amides is 1. The number of carboxylic acid groups (broad SMARTS) is 1. The number of carbonyl (C=O) groups excluding carboxylic acids is 1. The number of carbonyl (C=O) groups is 2. The third-order valence-corrected chi connectivity index (χ3v) is 7.94. The minimum atomic E-state index is -5.08. The summed E-state index contributed by atoms with van der Waals surface area (Å²) in [5.74, 6) is -3.27. The summed E-state index contributed by atoms with van der Waals surface area (Å²) in [4.78, 5) is 38.5. The van der Waals surface area contributed by atoms with Gasteiger partial charge in [-0.2, -0.15) is 26.3 Å². The highest BCUT2D eigenvalue weighted by Crippen LogP contribution is 2.31. The highest BCUT2D eigenvalue weighted by molar-refractivity contribution is 6.42. The fraction of sp³-hybridized carbons (Fsp3) is 0.207. The lowest BCUT2D eigenvalue weighted by molar-refractivity contribution is -0.192. The van der Waals surface area contributed by atoms with Crippen LogP contribution >= 0.6 is 23.2 Å². The topological polar surface area (TPSA) is 138 Å². The van der Waals surface area contributed by atoms with E-state index in [0.29, 0.717) is 28.7 Å². The Morgan fingerprint density at radius 2 is 1.65 bits per heavy atom. The van der Waals surface area contributed by atoms with Gasteiger partial charge in [0, 0.05) is 37.1 Å². The Hall–Kier alpha value is -5.10. The Morgan fingerprint density at radius 1 is 0.980 bits per heavy atom. The number of aromatic nitrogens is 5. The second kappa shape index (κ2) is 13.4. The van der Waals surface area contributed by atoms with Crippen molar-refractivity contribution in [2.24, 2.45) is 0 Å². The SMILES string of the molecule is O=C(O)C(F)(F)F.O=C(c1cc(Cc2c[nH]c(=O)c3cc(Cl)c(Cl)n23)ccc1F)N1CCn2c(nnc2Nc2ccc(C(F)(F)F)cc2)C1. The number of fused-ring (bicyclic) bond motifs is 2. The molecule has 4 heterocycles. The van der Waals surface area contributed by atoms with Gasteiger partial charge in [-0.3, -0.25) is 18.6 Å². The van der Waals surface area contributed by atoms with Gasteiger partial charge in [-0.05, 0) is 48.0 Å². The maximum atomic E-state index is 14.9. The molecule has 258 valence electrons. The number of benzene rings is 2. The number of nitrogens with zero attached hydrogens (tertiary/aromatic N) is 5. The third kappa shape index (κ3) is 7.64. The normalized spacial score (nSPS) is 13.1. The number of hydrogen-bond donors (Lipinski definition) is 3. The van der Waals surface area contributed by atoms with Crippen LogP contribution in [0.2, 0.25) is 10.2 Å². The molecule has 5 aromatic rings. The van der Waals surface area contributed by atoms with Crippen molar-refractivity contribution in [1.82, 2.24) is 29.0 Å². The summed E-state index contributed by atoms with van der Waals surface area (Å²) in [6.07, 6.45) is -7.83. The number of halogens is 9. The average molecular weight is 734 g/mol. The predicted octanol–water partition coefficient (Wildman–Crippen LogP) is 6.31. The predicted molar refractivity (Wildman–Crippen MR) is 160 cm³/mol. The second-order valence-corrected chi connectivity index (χ2v) is 11.2. The molecule has 0 fully saturated rings. The quantitative estimate of drug-likeness (QED) is 0.180. The van der Waals surface area contributed by atoms with E-state index >= 15 is 0 Å². The van der Waals surface area contributed by atoms with Crippen LogP contribution < -0.4 is 10.9 Å². The van der Waals surface area contributed by atoms with Gasteiger partial charge < -0.3 is 20.3 Å². The number of H-pyrrole nitrogens is 1.